The normalized spacial score (nSPS) is 22.2. The fraction of sp³-hybridized carbons (Fsp3) is 0.438. The van der Waals surface area contributed by atoms with Gasteiger partial charge in [0.2, 0.25) is 5.91 Å². The molecule has 21 heavy (non-hydrogen) atoms. The third-order valence-corrected chi connectivity index (χ3v) is 3.74. The molecule has 2 unspecified atom stereocenters. The Hall–Kier alpha value is -2.35. The highest BCUT2D eigenvalue weighted by molar-refractivity contribution is 5.87. The van der Waals surface area contributed by atoms with Crippen molar-refractivity contribution in [1.82, 2.24) is 4.90 Å². The molecule has 1 aromatic carbocycles. The van der Waals surface area contributed by atoms with Crippen molar-refractivity contribution in [1.29, 1.82) is 5.26 Å². The number of carboxylic acids is 1. The lowest BCUT2D eigenvalue weighted by atomic mass is 9.91. The quantitative estimate of drug-likeness (QED) is 0.904. The van der Waals surface area contributed by atoms with Gasteiger partial charge >= 0.3 is 5.97 Å². The van der Waals surface area contributed by atoms with Crippen LogP contribution >= 0.6 is 0 Å². The third kappa shape index (κ3) is 2.75. The molecule has 1 aliphatic rings. The number of amides is 1. The lowest BCUT2D eigenvalue weighted by Crippen LogP contribution is -2.44. The molecule has 1 aromatic rings. The number of likely N-dealkylation sites (tertiary alicyclic amines) is 1. The summed E-state index contributed by atoms with van der Waals surface area (Å²) in [4.78, 5) is 25.4. The van der Waals surface area contributed by atoms with Crippen molar-refractivity contribution in [3.63, 3.8) is 0 Å². The van der Waals surface area contributed by atoms with Crippen molar-refractivity contribution < 1.29 is 14.7 Å². The van der Waals surface area contributed by atoms with Crippen LogP contribution in [-0.4, -0.2) is 27.4 Å². The highest BCUT2D eigenvalue weighted by Gasteiger charge is 2.48. The molecule has 0 saturated carbocycles. The van der Waals surface area contributed by atoms with Crippen LogP contribution in [0.25, 0.3) is 0 Å². The largest absolute Gasteiger partial charge is 0.481 e. The molecule has 5 nitrogen and oxygen atoms in total. The van der Waals surface area contributed by atoms with Crippen LogP contribution in [0.5, 0.6) is 0 Å². The van der Waals surface area contributed by atoms with Crippen LogP contribution in [0.15, 0.2) is 24.3 Å². The lowest BCUT2D eigenvalue weighted by molar-refractivity contribution is -0.142. The van der Waals surface area contributed by atoms with Crippen molar-refractivity contribution in [2.45, 2.75) is 38.8 Å². The van der Waals surface area contributed by atoms with Crippen LogP contribution < -0.4 is 0 Å². The van der Waals surface area contributed by atoms with Crippen molar-refractivity contribution in [3.8, 4) is 6.07 Å². The van der Waals surface area contributed by atoms with E-state index < -0.39 is 23.5 Å². The minimum absolute atomic E-state index is 0.0112. The first-order chi connectivity index (χ1) is 9.75. The predicted octanol–water partition coefficient (Wildman–Crippen LogP) is 2.33. The summed E-state index contributed by atoms with van der Waals surface area (Å²) in [6.07, 6.45) is 0.0112. The first-order valence-corrected chi connectivity index (χ1v) is 6.80. The highest BCUT2D eigenvalue weighted by Crippen LogP contribution is 2.42. The number of rotatable bonds is 2. The number of carbonyl (C=O) groups excluding carboxylic acids is 1. The summed E-state index contributed by atoms with van der Waals surface area (Å²) in [7, 11) is 0. The summed E-state index contributed by atoms with van der Waals surface area (Å²) in [5.74, 6) is -1.88. The molecule has 0 radical (unpaired) electrons. The van der Waals surface area contributed by atoms with Crippen LogP contribution in [0.4, 0.5) is 0 Å². The van der Waals surface area contributed by atoms with Crippen molar-refractivity contribution in [3.05, 3.63) is 35.4 Å². The van der Waals surface area contributed by atoms with Gasteiger partial charge in [0, 0.05) is 12.0 Å². The van der Waals surface area contributed by atoms with Crippen LogP contribution in [-0.2, 0) is 9.59 Å². The van der Waals surface area contributed by atoms with E-state index in [1.165, 1.54) is 0 Å². The second-order valence-electron chi connectivity index (χ2n) is 6.26. The number of hydrogen-bond donors (Lipinski definition) is 1. The van der Waals surface area contributed by atoms with E-state index in [0.717, 1.165) is 5.56 Å². The summed E-state index contributed by atoms with van der Waals surface area (Å²) in [5, 5.41) is 18.3. The second kappa shape index (κ2) is 5.21. The van der Waals surface area contributed by atoms with Gasteiger partial charge in [-0.1, -0.05) is 12.1 Å². The van der Waals surface area contributed by atoms with Gasteiger partial charge < -0.3 is 10.0 Å². The monoisotopic (exact) mass is 286 g/mol. The zero-order valence-corrected chi connectivity index (χ0v) is 12.3. The maximum Gasteiger partial charge on any atom is 0.309 e. The van der Waals surface area contributed by atoms with Gasteiger partial charge in [0.25, 0.3) is 0 Å². The highest BCUT2D eigenvalue weighted by atomic mass is 16.4. The molecule has 1 amide bonds. The molecule has 0 aromatic heterocycles. The van der Waals surface area contributed by atoms with Gasteiger partial charge in [-0.2, -0.15) is 5.26 Å². The third-order valence-electron chi connectivity index (χ3n) is 3.74. The van der Waals surface area contributed by atoms with E-state index in [9.17, 15) is 14.7 Å². The van der Waals surface area contributed by atoms with E-state index in [4.69, 9.17) is 5.26 Å². The summed E-state index contributed by atoms with van der Waals surface area (Å²) in [6, 6.07) is 8.30. The predicted molar refractivity (Wildman–Crippen MR) is 76.2 cm³/mol. The topological polar surface area (TPSA) is 81.4 Å². The van der Waals surface area contributed by atoms with Gasteiger partial charge in [-0.25, -0.2) is 0 Å². The van der Waals surface area contributed by atoms with E-state index in [2.05, 4.69) is 0 Å². The summed E-state index contributed by atoms with van der Waals surface area (Å²) in [6.45, 7) is 5.68. The average Bonchev–Trinajstić information content (AvgIpc) is 2.76. The van der Waals surface area contributed by atoms with Crippen LogP contribution in [0.1, 0.15) is 44.4 Å². The summed E-state index contributed by atoms with van der Waals surface area (Å²) in [5.41, 5.74) is 0.805. The zero-order valence-electron chi connectivity index (χ0n) is 12.3. The maximum atomic E-state index is 12.3. The Morgan fingerprint density at radius 3 is 2.33 bits per heavy atom. The Morgan fingerprint density at radius 1 is 1.33 bits per heavy atom. The number of nitrogens with zero attached hydrogens (tertiary/aromatic N) is 2. The van der Waals surface area contributed by atoms with Crippen LogP contribution in [0, 0.1) is 17.2 Å². The van der Waals surface area contributed by atoms with E-state index >= 15 is 0 Å². The molecule has 0 aliphatic carbocycles. The molecule has 1 saturated heterocycles. The van der Waals surface area contributed by atoms with Gasteiger partial charge in [-0.15, -0.1) is 0 Å². The van der Waals surface area contributed by atoms with E-state index in [1.54, 1.807) is 29.2 Å². The lowest BCUT2D eigenvalue weighted by Gasteiger charge is -2.38. The molecule has 1 fully saturated rings. The van der Waals surface area contributed by atoms with Gasteiger partial charge in [-0.05, 0) is 38.5 Å². The SMILES string of the molecule is CC(C)(C)N1C(=O)CC(C(=O)O)C1c1ccc(C#N)cc1. The Balaban J connectivity index is 2.49. The van der Waals surface area contributed by atoms with E-state index in [-0.39, 0.29) is 12.3 Å². The zero-order chi connectivity index (χ0) is 15.8. The minimum Gasteiger partial charge on any atom is -0.481 e. The first kappa shape index (κ1) is 15.0. The fourth-order valence-electron chi connectivity index (χ4n) is 2.88. The summed E-state index contributed by atoms with van der Waals surface area (Å²) < 4.78 is 0. The Morgan fingerprint density at radius 2 is 1.90 bits per heavy atom. The number of carbonyl (C=O) groups is 2. The van der Waals surface area contributed by atoms with E-state index in [0.29, 0.717) is 5.56 Å². The number of hydrogen-bond acceptors (Lipinski definition) is 3. The Bertz CT molecular complexity index is 608. The first-order valence-electron chi connectivity index (χ1n) is 6.80. The van der Waals surface area contributed by atoms with Gasteiger partial charge in [0.15, 0.2) is 0 Å². The molecular formula is C16H18N2O3. The molecule has 1 aliphatic heterocycles. The van der Waals surface area contributed by atoms with E-state index in [1.807, 2.05) is 26.8 Å². The number of aliphatic carboxylic acids is 1. The molecule has 1 heterocycles. The molecule has 2 atom stereocenters. The minimum atomic E-state index is -0.968. The number of benzene rings is 1. The van der Waals surface area contributed by atoms with Crippen LogP contribution in [0.3, 0.4) is 0 Å². The molecule has 110 valence electrons. The molecule has 5 heteroatoms. The van der Waals surface area contributed by atoms with Gasteiger partial charge in [-0.3, -0.25) is 9.59 Å². The van der Waals surface area contributed by atoms with Crippen molar-refractivity contribution in [2.24, 2.45) is 5.92 Å². The average molecular weight is 286 g/mol. The molecule has 0 bridgehead atoms. The standard InChI is InChI=1S/C16H18N2O3/c1-16(2,3)18-13(19)8-12(15(20)21)14(18)11-6-4-10(9-17)5-7-11/h4-7,12,14H,8H2,1-3H3,(H,20,21). The number of nitriles is 1. The Kier molecular flexibility index (Phi) is 3.73. The maximum absolute atomic E-state index is 12.3. The van der Waals surface area contributed by atoms with Gasteiger partial charge in [0.1, 0.15) is 0 Å². The Labute approximate surface area is 123 Å². The van der Waals surface area contributed by atoms with Gasteiger partial charge in [0.05, 0.1) is 23.6 Å². The molecular weight excluding hydrogens is 268 g/mol. The molecule has 0 spiro atoms. The van der Waals surface area contributed by atoms with Crippen molar-refractivity contribution in [2.75, 3.05) is 0 Å². The second-order valence-corrected chi connectivity index (χ2v) is 6.26. The smallest absolute Gasteiger partial charge is 0.309 e. The molecule has 2 rings (SSSR count). The summed E-state index contributed by atoms with van der Waals surface area (Å²) >= 11 is 0. The molecule has 1 N–H and O–H groups in total. The fourth-order valence-corrected chi connectivity index (χ4v) is 2.88. The van der Waals surface area contributed by atoms with Crippen molar-refractivity contribution >= 4 is 11.9 Å². The van der Waals surface area contributed by atoms with Crippen LogP contribution in [0.2, 0.25) is 0 Å². The number of carboxylic acid groups (broad SMARTS) is 1.